The number of amides is 2. The van der Waals surface area contributed by atoms with Gasteiger partial charge in [-0.25, -0.2) is 4.98 Å². The molecule has 2 amide bonds. The number of rotatable bonds is 14. The van der Waals surface area contributed by atoms with Gasteiger partial charge in [-0.3, -0.25) is 24.5 Å². The number of carbonyl (C=O) groups is 2. The van der Waals surface area contributed by atoms with E-state index < -0.39 is 0 Å². The van der Waals surface area contributed by atoms with E-state index in [9.17, 15) is 9.59 Å². The fourth-order valence-corrected chi connectivity index (χ4v) is 3.73. The van der Waals surface area contributed by atoms with E-state index in [2.05, 4.69) is 44.7 Å². The summed E-state index contributed by atoms with van der Waals surface area (Å²) >= 11 is 0. The SMILES string of the molecule is C=C(/N=C\C=N/CN)C(=O)NCc1cc2cccc(C)c2nc1N(C)CCN(CCC)CC(=O)N(C)C. The van der Waals surface area contributed by atoms with Gasteiger partial charge in [-0.15, -0.1) is 0 Å². The molecule has 0 radical (unpaired) electrons. The smallest absolute Gasteiger partial charge is 0.269 e. The van der Waals surface area contributed by atoms with Crippen LogP contribution in [0.5, 0.6) is 0 Å². The first-order valence-electron chi connectivity index (χ1n) is 12.4. The second kappa shape index (κ2) is 14.8. The van der Waals surface area contributed by atoms with Crippen molar-refractivity contribution in [3.8, 4) is 0 Å². The lowest BCUT2D eigenvalue weighted by Gasteiger charge is -2.27. The second-order valence-corrected chi connectivity index (χ2v) is 9.03. The van der Waals surface area contributed by atoms with Crippen LogP contribution >= 0.6 is 0 Å². The van der Waals surface area contributed by atoms with Gasteiger partial charge in [0, 0.05) is 64.2 Å². The predicted molar refractivity (Wildman–Crippen MR) is 152 cm³/mol. The van der Waals surface area contributed by atoms with Crippen molar-refractivity contribution in [1.29, 1.82) is 0 Å². The third-order valence-corrected chi connectivity index (χ3v) is 5.82. The highest BCUT2D eigenvalue weighted by atomic mass is 16.2. The van der Waals surface area contributed by atoms with Crippen molar-refractivity contribution in [1.82, 2.24) is 20.1 Å². The Kier molecular flexibility index (Phi) is 11.9. The highest BCUT2D eigenvalue weighted by Crippen LogP contribution is 2.25. The molecule has 0 fully saturated rings. The number of nitrogens with two attached hydrogens (primary N) is 1. The van der Waals surface area contributed by atoms with Crippen LogP contribution in [-0.2, 0) is 16.1 Å². The Morgan fingerprint density at radius 2 is 1.92 bits per heavy atom. The van der Waals surface area contributed by atoms with Gasteiger partial charge in [0.15, 0.2) is 0 Å². The van der Waals surface area contributed by atoms with Crippen LogP contribution in [0.4, 0.5) is 5.82 Å². The van der Waals surface area contributed by atoms with Gasteiger partial charge >= 0.3 is 0 Å². The van der Waals surface area contributed by atoms with Crippen LogP contribution < -0.4 is 16.0 Å². The Bertz CT molecular complexity index is 1140. The van der Waals surface area contributed by atoms with Gasteiger partial charge < -0.3 is 20.9 Å². The fraction of sp³-hybridized carbons (Fsp3) is 0.444. The number of aromatic nitrogens is 1. The number of nitrogens with one attached hydrogen (secondary N) is 1. The van der Waals surface area contributed by atoms with Crippen LogP contribution in [-0.4, -0.2) is 93.0 Å². The van der Waals surface area contributed by atoms with Crippen molar-refractivity contribution in [2.24, 2.45) is 15.7 Å². The summed E-state index contributed by atoms with van der Waals surface area (Å²) in [6.45, 7) is 10.9. The van der Waals surface area contributed by atoms with Crippen LogP contribution in [0.2, 0.25) is 0 Å². The van der Waals surface area contributed by atoms with E-state index in [1.807, 2.05) is 32.2 Å². The lowest BCUT2D eigenvalue weighted by atomic mass is 10.1. The van der Waals surface area contributed by atoms with Crippen molar-refractivity contribution in [2.75, 3.05) is 58.9 Å². The summed E-state index contributed by atoms with van der Waals surface area (Å²) in [7, 11) is 5.53. The Labute approximate surface area is 219 Å². The molecule has 200 valence electrons. The maximum Gasteiger partial charge on any atom is 0.269 e. The molecule has 2 aromatic rings. The molecule has 0 aliphatic heterocycles. The first-order valence-corrected chi connectivity index (χ1v) is 12.4. The van der Waals surface area contributed by atoms with Crippen molar-refractivity contribution in [2.45, 2.75) is 26.8 Å². The Hall–Kier alpha value is -3.63. The van der Waals surface area contributed by atoms with Gasteiger partial charge in [-0.05, 0) is 31.5 Å². The van der Waals surface area contributed by atoms with E-state index in [-0.39, 0.29) is 30.7 Å². The molecule has 0 unspecified atom stereocenters. The number of carbonyl (C=O) groups excluding carboxylic acids is 2. The van der Waals surface area contributed by atoms with Crippen molar-refractivity contribution < 1.29 is 9.59 Å². The average Bonchev–Trinajstić information content (AvgIpc) is 2.87. The third-order valence-electron chi connectivity index (χ3n) is 5.82. The molecule has 0 spiro atoms. The number of para-hydroxylation sites is 1. The molecule has 0 bridgehead atoms. The standard InChI is InChI=1S/C27H40N8O2/c1-7-13-35(18-24(36)33(4)5)15-14-34(6)26-23(16-22-10-8-9-20(2)25(22)32-26)17-31-27(37)21(3)30-12-11-29-19-28/h8-12,16H,3,7,13-15,17-19,28H2,1-2,4-6H3,(H,31,37)/b29-11-,30-12-. The number of hydrogen-bond acceptors (Lipinski definition) is 8. The van der Waals surface area contributed by atoms with Crippen molar-refractivity contribution >= 4 is 41.0 Å². The lowest BCUT2D eigenvalue weighted by Crippen LogP contribution is -2.41. The molecule has 10 nitrogen and oxygen atoms in total. The van der Waals surface area contributed by atoms with E-state index in [0.717, 1.165) is 40.8 Å². The molecule has 0 saturated carbocycles. The summed E-state index contributed by atoms with van der Waals surface area (Å²) < 4.78 is 0. The first kappa shape index (κ1) is 29.6. The average molecular weight is 509 g/mol. The van der Waals surface area contributed by atoms with E-state index in [0.29, 0.717) is 19.6 Å². The number of benzene rings is 1. The maximum absolute atomic E-state index is 12.6. The molecule has 10 heteroatoms. The molecule has 0 aliphatic carbocycles. The minimum absolute atomic E-state index is 0.0729. The monoisotopic (exact) mass is 508 g/mol. The summed E-state index contributed by atoms with van der Waals surface area (Å²) in [6.07, 6.45) is 3.77. The van der Waals surface area contributed by atoms with Crippen molar-refractivity contribution in [3.05, 3.63) is 47.7 Å². The van der Waals surface area contributed by atoms with E-state index in [4.69, 9.17) is 10.7 Å². The van der Waals surface area contributed by atoms with Crippen LogP contribution in [0.25, 0.3) is 10.9 Å². The molecule has 1 heterocycles. The highest BCUT2D eigenvalue weighted by molar-refractivity contribution is 6.17. The minimum atomic E-state index is -0.383. The van der Waals surface area contributed by atoms with E-state index in [1.165, 1.54) is 12.4 Å². The maximum atomic E-state index is 12.6. The Morgan fingerprint density at radius 3 is 2.59 bits per heavy atom. The molecule has 1 aromatic carbocycles. The van der Waals surface area contributed by atoms with Crippen LogP contribution in [0.1, 0.15) is 24.5 Å². The molecular weight excluding hydrogens is 468 g/mol. The van der Waals surface area contributed by atoms with Crippen molar-refractivity contribution in [3.63, 3.8) is 0 Å². The number of nitrogens with zero attached hydrogens (tertiary/aromatic N) is 6. The van der Waals surface area contributed by atoms with Crippen LogP contribution in [0.15, 0.2) is 46.5 Å². The van der Waals surface area contributed by atoms with Gasteiger partial charge in [0.1, 0.15) is 11.5 Å². The summed E-state index contributed by atoms with van der Waals surface area (Å²) in [4.78, 5) is 43.5. The Morgan fingerprint density at radius 1 is 1.16 bits per heavy atom. The zero-order valence-electron chi connectivity index (χ0n) is 22.7. The predicted octanol–water partition coefficient (Wildman–Crippen LogP) is 1.97. The number of aryl methyl sites for hydroxylation is 1. The quantitative estimate of drug-likeness (QED) is 0.297. The summed E-state index contributed by atoms with van der Waals surface area (Å²) in [5.74, 6) is 0.476. The zero-order valence-corrected chi connectivity index (χ0v) is 22.7. The third kappa shape index (κ3) is 9.07. The van der Waals surface area contributed by atoms with Gasteiger partial charge in [0.2, 0.25) is 5.91 Å². The molecule has 0 saturated heterocycles. The summed E-state index contributed by atoms with van der Waals surface area (Å²) in [5.41, 5.74) is 8.24. The van der Waals surface area contributed by atoms with Gasteiger partial charge in [0.05, 0.1) is 18.7 Å². The molecule has 3 N–H and O–H groups in total. The van der Waals surface area contributed by atoms with Gasteiger partial charge in [0.25, 0.3) is 5.91 Å². The molecule has 37 heavy (non-hydrogen) atoms. The van der Waals surface area contributed by atoms with E-state index in [1.54, 1.807) is 19.0 Å². The number of anilines is 1. The number of pyridine rings is 1. The fourth-order valence-electron chi connectivity index (χ4n) is 3.73. The van der Waals surface area contributed by atoms with Gasteiger partial charge in [-0.2, -0.15) is 0 Å². The largest absolute Gasteiger partial charge is 0.358 e. The number of fused-ring (bicyclic) bond motifs is 1. The second-order valence-electron chi connectivity index (χ2n) is 9.03. The number of hydrogen-bond donors (Lipinski definition) is 2. The van der Waals surface area contributed by atoms with Crippen LogP contribution in [0, 0.1) is 6.92 Å². The number of likely N-dealkylation sites (N-methyl/N-ethyl adjacent to an activating group) is 2. The zero-order chi connectivity index (χ0) is 27.4. The molecule has 0 aliphatic rings. The molecular formula is C27H40N8O2. The van der Waals surface area contributed by atoms with Crippen LogP contribution in [0.3, 0.4) is 0 Å². The van der Waals surface area contributed by atoms with Gasteiger partial charge in [-0.1, -0.05) is 31.7 Å². The molecule has 2 rings (SSSR count). The topological polar surface area (TPSA) is 120 Å². The van der Waals surface area contributed by atoms with E-state index >= 15 is 0 Å². The highest BCUT2D eigenvalue weighted by Gasteiger charge is 2.17. The minimum Gasteiger partial charge on any atom is -0.358 e. The Balaban J connectivity index is 2.23. The molecule has 1 aromatic heterocycles. The summed E-state index contributed by atoms with van der Waals surface area (Å²) in [5, 5.41) is 3.89. The lowest BCUT2D eigenvalue weighted by molar-refractivity contribution is -0.129. The number of aliphatic imine (C=N–C) groups is 2. The first-order chi connectivity index (χ1) is 17.7. The normalized spacial score (nSPS) is 11.5. The molecule has 0 atom stereocenters. The summed E-state index contributed by atoms with van der Waals surface area (Å²) in [6, 6.07) is 8.10.